The topological polar surface area (TPSA) is 115 Å². The third kappa shape index (κ3) is 2.83. The zero-order valence-electron chi connectivity index (χ0n) is 12.9. The van der Waals surface area contributed by atoms with Gasteiger partial charge in [-0.3, -0.25) is 14.5 Å². The molecule has 24 heavy (non-hydrogen) atoms. The highest BCUT2D eigenvalue weighted by Crippen LogP contribution is 2.29. The molecular weight excluding hydrogens is 348 g/mol. The number of pyridine rings is 1. The molecule has 3 N–H and O–H groups in total. The fraction of sp³-hybridized carbons (Fsp3) is 0.133. The van der Waals surface area contributed by atoms with E-state index in [2.05, 4.69) is 14.7 Å². The van der Waals surface area contributed by atoms with Crippen molar-refractivity contribution in [2.24, 2.45) is 5.73 Å². The second-order valence-electron chi connectivity index (χ2n) is 5.22. The van der Waals surface area contributed by atoms with E-state index < -0.39 is 15.9 Å². The first-order valence-electron chi connectivity index (χ1n) is 6.93. The minimum Gasteiger partial charge on any atom is -0.365 e. The Labute approximate surface area is 142 Å². The van der Waals surface area contributed by atoms with E-state index in [1.54, 1.807) is 24.4 Å². The molecule has 9 heteroatoms. The van der Waals surface area contributed by atoms with Crippen molar-refractivity contribution in [2.75, 3.05) is 4.72 Å². The van der Waals surface area contributed by atoms with Crippen LogP contribution in [0.25, 0.3) is 10.9 Å². The number of amides is 1. The van der Waals surface area contributed by atoms with Gasteiger partial charge in [0.15, 0.2) is 5.13 Å². The molecule has 1 amide bonds. The van der Waals surface area contributed by atoms with Gasteiger partial charge in [-0.15, -0.1) is 0 Å². The van der Waals surface area contributed by atoms with Crippen LogP contribution < -0.4 is 10.5 Å². The van der Waals surface area contributed by atoms with E-state index in [1.165, 1.54) is 6.20 Å². The highest BCUT2D eigenvalue weighted by molar-refractivity contribution is 7.93. The Bertz CT molecular complexity index is 1060. The highest BCUT2D eigenvalue weighted by atomic mass is 32.2. The molecule has 0 spiro atoms. The van der Waals surface area contributed by atoms with Gasteiger partial charge >= 0.3 is 0 Å². The van der Waals surface area contributed by atoms with Crippen LogP contribution in [0.3, 0.4) is 0 Å². The van der Waals surface area contributed by atoms with E-state index in [0.29, 0.717) is 10.9 Å². The number of thiazole rings is 1. The SMILES string of the molecule is Cc1cc(S(=O)(=O)Nc2ncc(C(N)=O)s2)c2cccnc2c1C. The lowest BCUT2D eigenvalue weighted by atomic mass is 10.1. The van der Waals surface area contributed by atoms with Gasteiger partial charge in [-0.1, -0.05) is 11.3 Å². The van der Waals surface area contributed by atoms with Crippen molar-refractivity contribution in [3.8, 4) is 0 Å². The average Bonchev–Trinajstić information content (AvgIpc) is 2.99. The lowest BCUT2D eigenvalue weighted by Gasteiger charge is -2.12. The van der Waals surface area contributed by atoms with E-state index >= 15 is 0 Å². The largest absolute Gasteiger partial charge is 0.365 e. The fourth-order valence-corrected chi connectivity index (χ4v) is 4.49. The van der Waals surface area contributed by atoms with Crippen LogP contribution >= 0.6 is 11.3 Å². The number of carbonyl (C=O) groups is 1. The summed E-state index contributed by atoms with van der Waals surface area (Å²) in [7, 11) is -3.89. The Morgan fingerprint density at radius 3 is 2.71 bits per heavy atom. The summed E-state index contributed by atoms with van der Waals surface area (Å²) in [6, 6.07) is 5.00. The van der Waals surface area contributed by atoms with Crippen LogP contribution in [0.1, 0.15) is 20.8 Å². The molecule has 7 nitrogen and oxygen atoms in total. The predicted octanol–water partition coefficient (Wildman–Crippen LogP) is 2.21. The first-order chi connectivity index (χ1) is 11.3. The van der Waals surface area contributed by atoms with Crippen LogP contribution in [0.2, 0.25) is 0 Å². The lowest BCUT2D eigenvalue weighted by molar-refractivity contribution is 0.100. The number of primary amides is 1. The number of nitrogens with two attached hydrogens (primary N) is 1. The van der Waals surface area contributed by atoms with Crippen molar-refractivity contribution in [2.45, 2.75) is 18.7 Å². The van der Waals surface area contributed by atoms with Crippen molar-refractivity contribution >= 4 is 43.3 Å². The van der Waals surface area contributed by atoms with Crippen LogP contribution in [-0.2, 0) is 10.0 Å². The van der Waals surface area contributed by atoms with Crippen LogP contribution in [-0.4, -0.2) is 24.3 Å². The number of aromatic nitrogens is 2. The molecule has 0 saturated carbocycles. The normalized spacial score (nSPS) is 11.6. The number of carbonyl (C=O) groups excluding carboxylic acids is 1. The summed E-state index contributed by atoms with van der Waals surface area (Å²) < 4.78 is 27.9. The Morgan fingerprint density at radius 2 is 2.04 bits per heavy atom. The smallest absolute Gasteiger partial charge is 0.264 e. The molecule has 0 radical (unpaired) electrons. The van der Waals surface area contributed by atoms with Gasteiger partial charge in [0.25, 0.3) is 15.9 Å². The van der Waals surface area contributed by atoms with Gasteiger partial charge in [-0.2, -0.15) is 0 Å². The summed E-state index contributed by atoms with van der Waals surface area (Å²) in [4.78, 5) is 19.6. The molecule has 3 aromatic rings. The molecule has 0 aliphatic rings. The van der Waals surface area contributed by atoms with Gasteiger partial charge in [-0.25, -0.2) is 13.4 Å². The molecule has 3 rings (SSSR count). The minimum atomic E-state index is -3.89. The average molecular weight is 362 g/mol. The Hall–Kier alpha value is -2.52. The number of sulfonamides is 1. The second kappa shape index (κ2) is 5.84. The summed E-state index contributed by atoms with van der Waals surface area (Å²) >= 11 is 0.884. The number of fused-ring (bicyclic) bond motifs is 1. The van der Waals surface area contributed by atoms with Crippen molar-refractivity contribution in [1.82, 2.24) is 9.97 Å². The molecule has 2 heterocycles. The van der Waals surface area contributed by atoms with E-state index in [0.717, 1.165) is 22.5 Å². The van der Waals surface area contributed by atoms with Gasteiger partial charge in [0, 0.05) is 11.6 Å². The third-order valence-corrected chi connectivity index (χ3v) is 6.06. The summed E-state index contributed by atoms with van der Waals surface area (Å²) in [5.74, 6) is -0.654. The number of benzene rings is 1. The maximum Gasteiger partial charge on any atom is 0.264 e. The zero-order valence-corrected chi connectivity index (χ0v) is 14.5. The lowest BCUT2D eigenvalue weighted by Crippen LogP contribution is -2.14. The second-order valence-corrected chi connectivity index (χ2v) is 7.90. The van der Waals surface area contributed by atoms with E-state index in [9.17, 15) is 13.2 Å². The van der Waals surface area contributed by atoms with E-state index in [-0.39, 0.29) is 14.9 Å². The molecule has 0 atom stereocenters. The number of anilines is 1. The number of nitrogens with one attached hydrogen (secondary N) is 1. The Morgan fingerprint density at radius 1 is 1.29 bits per heavy atom. The van der Waals surface area contributed by atoms with E-state index in [4.69, 9.17) is 5.73 Å². The van der Waals surface area contributed by atoms with Gasteiger partial charge < -0.3 is 5.73 Å². The maximum absolute atomic E-state index is 12.8. The number of hydrogen-bond donors (Lipinski definition) is 2. The number of rotatable bonds is 4. The number of aryl methyl sites for hydroxylation is 2. The molecular formula is C15H14N4O3S2. The molecule has 0 bridgehead atoms. The molecule has 2 aromatic heterocycles. The molecule has 1 aromatic carbocycles. The molecule has 0 fully saturated rings. The van der Waals surface area contributed by atoms with E-state index in [1.807, 2.05) is 13.8 Å². The van der Waals surface area contributed by atoms with Crippen molar-refractivity contribution in [3.05, 3.63) is 46.6 Å². The Kier molecular flexibility index (Phi) is 3.98. The highest BCUT2D eigenvalue weighted by Gasteiger charge is 2.21. The van der Waals surface area contributed by atoms with Crippen LogP contribution in [0.15, 0.2) is 35.5 Å². The molecule has 124 valence electrons. The van der Waals surface area contributed by atoms with Gasteiger partial charge in [0.05, 0.1) is 16.6 Å². The first-order valence-corrected chi connectivity index (χ1v) is 9.23. The minimum absolute atomic E-state index is 0.0825. The number of hydrogen-bond acceptors (Lipinski definition) is 6. The molecule has 0 saturated heterocycles. The van der Waals surface area contributed by atoms with Crippen LogP contribution in [0.4, 0.5) is 5.13 Å². The summed E-state index contributed by atoms with van der Waals surface area (Å²) in [5, 5.41) is 0.610. The summed E-state index contributed by atoms with van der Waals surface area (Å²) in [5.41, 5.74) is 7.54. The standard InChI is InChI=1S/C15H14N4O3S2/c1-8-6-12(10-4-3-5-17-13(10)9(8)2)24(21,22)19-15-18-7-11(23-15)14(16)20/h3-7H,1-2H3,(H2,16,20)(H,18,19). The predicted molar refractivity (Wildman–Crippen MR) is 92.7 cm³/mol. The van der Waals surface area contributed by atoms with Gasteiger partial charge in [0.1, 0.15) is 4.88 Å². The molecule has 0 unspecified atom stereocenters. The van der Waals surface area contributed by atoms with Crippen LogP contribution in [0.5, 0.6) is 0 Å². The van der Waals surface area contributed by atoms with Crippen molar-refractivity contribution < 1.29 is 13.2 Å². The quantitative estimate of drug-likeness (QED) is 0.738. The summed E-state index contributed by atoms with van der Waals surface area (Å²) in [6.45, 7) is 3.73. The number of nitrogens with zero attached hydrogens (tertiary/aromatic N) is 2. The zero-order chi connectivity index (χ0) is 17.5. The third-order valence-electron chi connectivity index (χ3n) is 3.63. The molecule has 0 aliphatic carbocycles. The van der Waals surface area contributed by atoms with Gasteiger partial charge in [-0.05, 0) is 43.2 Å². The van der Waals surface area contributed by atoms with Crippen molar-refractivity contribution in [1.29, 1.82) is 0 Å². The summed E-state index contributed by atoms with van der Waals surface area (Å²) in [6.07, 6.45) is 2.86. The Balaban J connectivity index is 2.11. The van der Waals surface area contributed by atoms with Gasteiger partial charge in [0.2, 0.25) is 0 Å². The first kappa shape index (κ1) is 16.3. The van der Waals surface area contributed by atoms with Crippen molar-refractivity contribution in [3.63, 3.8) is 0 Å². The fourth-order valence-electron chi connectivity index (χ4n) is 2.30. The molecule has 0 aliphatic heterocycles. The van der Waals surface area contributed by atoms with Crippen LogP contribution in [0, 0.1) is 13.8 Å². The monoisotopic (exact) mass is 362 g/mol. The maximum atomic E-state index is 12.8.